The van der Waals surface area contributed by atoms with Gasteiger partial charge in [0.2, 0.25) is 0 Å². The molecule has 0 aromatic rings. The summed E-state index contributed by atoms with van der Waals surface area (Å²) in [5.41, 5.74) is 0. The van der Waals surface area contributed by atoms with Gasteiger partial charge in [-0.3, -0.25) is 4.90 Å². The van der Waals surface area contributed by atoms with Crippen LogP contribution in [0.5, 0.6) is 0 Å². The summed E-state index contributed by atoms with van der Waals surface area (Å²) in [4.78, 5) is 4.98. The lowest BCUT2D eigenvalue weighted by atomic mass is 9.97. The number of piperidine rings is 1. The second kappa shape index (κ2) is 6.69. The summed E-state index contributed by atoms with van der Waals surface area (Å²) in [5, 5.41) is 12.8. The Morgan fingerprint density at radius 2 is 1.71 bits per heavy atom. The van der Waals surface area contributed by atoms with E-state index in [1.807, 2.05) is 6.92 Å². The zero-order valence-corrected chi connectivity index (χ0v) is 11.1. The molecule has 4 nitrogen and oxygen atoms in total. The number of β-amino-alcohol motifs (C(OH)–C–C–N with tert-alkyl or cyclic N) is 1. The number of aliphatic hydroxyl groups is 1. The van der Waals surface area contributed by atoms with Crippen molar-refractivity contribution < 1.29 is 5.11 Å². The largest absolute Gasteiger partial charge is 0.392 e. The molecule has 4 heteroatoms. The van der Waals surface area contributed by atoms with Gasteiger partial charge < -0.3 is 15.3 Å². The Morgan fingerprint density at radius 3 is 2.29 bits per heavy atom. The highest BCUT2D eigenvalue weighted by Gasteiger charge is 2.21. The third kappa shape index (κ3) is 4.54. The Morgan fingerprint density at radius 1 is 1.12 bits per heavy atom. The Hall–Kier alpha value is -0.160. The number of aliphatic hydroxyl groups excluding tert-OH is 1. The average Bonchev–Trinajstić information content (AvgIpc) is 2.32. The fourth-order valence-electron chi connectivity index (χ4n) is 2.96. The summed E-state index contributed by atoms with van der Waals surface area (Å²) >= 11 is 0. The van der Waals surface area contributed by atoms with Crippen LogP contribution in [0.15, 0.2) is 0 Å². The van der Waals surface area contributed by atoms with Gasteiger partial charge in [0.25, 0.3) is 0 Å². The van der Waals surface area contributed by atoms with E-state index in [0.717, 1.165) is 25.6 Å². The van der Waals surface area contributed by atoms with Crippen molar-refractivity contribution in [3.05, 3.63) is 0 Å². The molecule has 2 aliphatic rings. The molecule has 0 aromatic heterocycles. The van der Waals surface area contributed by atoms with Crippen molar-refractivity contribution in [2.24, 2.45) is 5.92 Å². The molecular weight excluding hydrogens is 214 g/mol. The molecule has 2 fully saturated rings. The molecule has 0 aromatic carbocycles. The highest BCUT2D eigenvalue weighted by molar-refractivity contribution is 4.77. The normalized spacial score (nSPS) is 27.2. The molecule has 17 heavy (non-hydrogen) atoms. The van der Waals surface area contributed by atoms with E-state index in [1.165, 1.54) is 45.6 Å². The molecule has 2 saturated heterocycles. The standard InChI is InChI=1S/C13H27N3O/c1-12(17)10-15-6-8-16(9-7-15)11-13-2-4-14-5-3-13/h12-14,17H,2-11H2,1H3/t12-/m1/s1. The fraction of sp³-hybridized carbons (Fsp3) is 1.00. The first-order valence-corrected chi connectivity index (χ1v) is 7.07. The zero-order valence-electron chi connectivity index (χ0n) is 11.1. The maximum atomic E-state index is 9.37. The van der Waals surface area contributed by atoms with Crippen molar-refractivity contribution in [1.82, 2.24) is 15.1 Å². The quantitative estimate of drug-likeness (QED) is 0.726. The van der Waals surface area contributed by atoms with E-state index >= 15 is 0 Å². The molecule has 1 atom stereocenters. The van der Waals surface area contributed by atoms with Crippen molar-refractivity contribution in [2.45, 2.75) is 25.9 Å². The van der Waals surface area contributed by atoms with Gasteiger partial charge in [-0.1, -0.05) is 0 Å². The minimum atomic E-state index is -0.189. The van der Waals surface area contributed by atoms with Crippen molar-refractivity contribution in [3.8, 4) is 0 Å². The van der Waals surface area contributed by atoms with E-state index in [9.17, 15) is 5.11 Å². The lowest BCUT2D eigenvalue weighted by molar-refractivity contribution is 0.0718. The summed E-state index contributed by atoms with van der Waals surface area (Å²) in [7, 11) is 0. The first kappa shape index (κ1) is 13.3. The molecule has 2 rings (SSSR count). The first-order chi connectivity index (χ1) is 8.24. The Bertz CT molecular complexity index is 209. The number of piperazine rings is 1. The summed E-state index contributed by atoms with van der Waals surface area (Å²) in [6.45, 7) is 11.0. The zero-order chi connectivity index (χ0) is 12.1. The van der Waals surface area contributed by atoms with Crippen molar-refractivity contribution in [1.29, 1.82) is 0 Å². The van der Waals surface area contributed by atoms with Crippen molar-refractivity contribution in [2.75, 3.05) is 52.4 Å². The van der Waals surface area contributed by atoms with Gasteiger partial charge in [0, 0.05) is 39.3 Å². The van der Waals surface area contributed by atoms with Crippen LogP contribution < -0.4 is 5.32 Å². The summed E-state index contributed by atoms with van der Waals surface area (Å²) in [6, 6.07) is 0. The topological polar surface area (TPSA) is 38.7 Å². The Kier molecular flexibility index (Phi) is 5.22. The van der Waals surface area contributed by atoms with Crippen molar-refractivity contribution >= 4 is 0 Å². The van der Waals surface area contributed by atoms with Crippen LogP contribution in [0, 0.1) is 5.92 Å². The number of hydrogen-bond acceptors (Lipinski definition) is 4. The van der Waals surface area contributed by atoms with Crippen LogP contribution in [0.3, 0.4) is 0 Å². The predicted molar refractivity (Wildman–Crippen MR) is 70.2 cm³/mol. The third-order valence-corrected chi connectivity index (χ3v) is 3.96. The molecular formula is C13H27N3O. The highest BCUT2D eigenvalue weighted by Crippen LogP contribution is 2.14. The van der Waals surface area contributed by atoms with Gasteiger partial charge in [0.1, 0.15) is 0 Å². The molecule has 0 aliphatic carbocycles. The minimum absolute atomic E-state index is 0.189. The third-order valence-electron chi connectivity index (χ3n) is 3.96. The number of hydrogen-bond donors (Lipinski definition) is 2. The highest BCUT2D eigenvalue weighted by atomic mass is 16.3. The molecule has 2 N–H and O–H groups in total. The van der Waals surface area contributed by atoms with Gasteiger partial charge in [-0.25, -0.2) is 0 Å². The number of nitrogens with zero attached hydrogens (tertiary/aromatic N) is 2. The summed E-state index contributed by atoms with van der Waals surface area (Å²) in [6.07, 6.45) is 2.49. The average molecular weight is 241 g/mol. The molecule has 0 unspecified atom stereocenters. The van der Waals surface area contributed by atoms with E-state index in [4.69, 9.17) is 0 Å². The van der Waals surface area contributed by atoms with Gasteiger partial charge in [0.15, 0.2) is 0 Å². The molecule has 2 aliphatic heterocycles. The van der Waals surface area contributed by atoms with Crippen LogP contribution in [0.4, 0.5) is 0 Å². The first-order valence-electron chi connectivity index (χ1n) is 7.07. The van der Waals surface area contributed by atoms with Crippen LogP contribution in [0.1, 0.15) is 19.8 Å². The van der Waals surface area contributed by atoms with Gasteiger partial charge in [0.05, 0.1) is 6.10 Å². The summed E-state index contributed by atoms with van der Waals surface area (Å²) < 4.78 is 0. The molecule has 0 amide bonds. The monoisotopic (exact) mass is 241 g/mol. The van der Waals surface area contributed by atoms with Crippen LogP contribution in [0.25, 0.3) is 0 Å². The van der Waals surface area contributed by atoms with Gasteiger partial charge in [-0.2, -0.15) is 0 Å². The summed E-state index contributed by atoms with van der Waals surface area (Å²) in [5.74, 6) is 0.902. The van der Waals surface area contributed by atoms with E-state index in [1.54, 1.807) is 0 Å². The molecule has 0 radical (unpaired) electrons. The second-order valence-electron chi connectivity index (χ2n) is 5.64. The van der Waals surface area contributed by atoms with E-state index < -0.39 is 0 Å². The van der Waals surface area contributed by atoms with Gasteiger partial charge in [-0.15, -0.1) is 0 Å². The molecule has 0 bridgehead atoms. The predicted octanol–water partition coefficient (Wildman–Crippen LogP) is -0.0156. The Balaban J connectivity index is 1.64. The maximum Gasteiger partial charge on any atom is 0.0639 e. The maximum absolute atomic E-state index is 9.37. The van der Waals surface area contributed by atoms with Crippen LogP contribution in [0.2, 0.25) is 0 Å². The van der Waals surface area contributed by atoms with Crippen molar-refractivity contribution in [3.63, 3.8) is 0 Å². The van der Waals surface area contributed by atoms with Crippen LogP contribution in [-0.4, -0.2) is 73.4 Å². The lowest BCUT2D eigenvalue weighted by Gasteiger charge is -2.37. The van der Waals surface area contributed by atoms with E-state index in [2.05, 4.69) is 15.1 Å². The van der Waals surface area contributed by atoms with E-state index in [-0.39, 0.29) is 6.10 Å². The van der Waals surface area contributed by atoms with Crippen LogP contribution >= 0.6 is 0 Å². The minimum Gasteiger partial charge on any atom is -0.392 e. The molecule has 2 heterocycles. The molecule has 0 spiro atoms. The molecule has 100 valence electrons. The fourth-order valence-corrected chi connectivity index (χ4v) is 2.96. The second-order valence-corrected chi connectivity index (χ2v) is 5.64. The van der Waals surface area contributed by atoms with Crippen LogP contribution in [-0.2, 0) is 0 Å². The molecule has 0 saturated carbocycles. The Labute approximate surface area is 105 Å². The SMILES string of the molecule is C[C@@H](O)CN1CCN(CC2CCNCC2)CC1. The van der Waals surface area contributed by atoms with Gasteiger partial charge in [-0.05, 0) is 38.8 Å². The number of nitrogens with one attached hydrogen (secondary N) is 1. The number of rotatable bonds is 4. The van der Waals surface area contributed by atoms with Gasteiger partial charge >= 0.3 is 0 Å². The van der Waals surface area contributed by atoms with E-state index in [0.29, 0.717) is 0 Å². The smallest absolute Gasteiger partial charge is 0.0639 e. The lowest BCUT2D eigenvalue weighted by Crippen LogP contribution is -2.49.